The average Bonchev–Trinajstić information content (AvgIpc) is 2.35. The fourth-order valence-corrected chi connectivity index (χ4v) is 2.01. The van der Waals surface area contributed by atoms with Crippen molar-refractivity contribution >= 4 is 5.78 Å². The van der Waals surface area contributed by atoms with E-state index in [0.717, 1.165) is 12.1 Å². The molecule has 1 unspecified atom stereocenters. The zero-order chi connectivity index (χ0) is 12.3. The molecule has 1 aliphatic rings. The summed E-state index contributed by atoms with van der Waals surface area (Å²) in [4.78, 5) is 12.0. The predicted octanol–water partition coefficient (Wildman–Crippen LogP) is 1.40. The van der Waals surface area contributed by atoms with Crippen molar-refractivity contribution in [2.24, 2.45) is 0 Å². The highest BCUT2D eigenvalue weighted by Gasteiger charge is 2.20. The predicted molar refractivity (Wildman–Crippen MR) is 67.2 cm³/mol. The van der Waals surface area contributed by atoms with Gasteiger partial charge in [0.05, 0.1) is 19.3 Å². The summed E-state index contributed by atoms with van der Waals surface area (Å²) in [6.45, 7) is 6.13. The molecule has 1 saturated heterocycles. The molecule has 1 aromatic carbocycles. The van der Waals surface area contributed by atoms with Gasteiger partial charge in [0, 0.05) is 13.0 Å². The van der Waals surface area contributed by atoms with Crippen LogP contribution in [0, 0.1) is 13.8 Å². The number of hydrogen-bond donors (Lipinski definition) is 1. The largest absolute Gasteiger partial charge is 0.378 e. The first-order chi connectivity index (χ1) is 8.16. The van der Waals surface area contributed by atoms with Gasteiger partial charge in [-0.1, -0.05) is 18.2 Å². The molecule has 1 fully saturated rings. The fourth-order valence-electron chi connectivity index (χ4n) is 2.01. The van der Waals surface area contributed by atoms with Crippen LogP contribution in [0.1, 0.15) is 16.7 Å². The normalized spacial score (nSPS) is 20.2. The molecule has 92 valence electrons. The lowest BCUT2D eigenvalue weighted by Crippen LogP contribution is -2.47. The quantitative estimate of drug-likeness (QED) is 0.857. The standard InChI is InChI=1S/C14H19NO2/c1-10-3-4-12(7-11(10)2)8-14(16)13-9-17-6-5-15-13/h3-4,7,13,15H,5-6,8-9H2,1-2H3. The van der Waals surface area contributed by atoms with Gasteiger partial charge in [-0.3, -0.25) is 4.79 Å². The van der Waals surface area contributed by atoms with Crippen molar-refractivity contribution in [3.05, 3.63) is 34.9 Å². The number of rotatable bonds is 3. The van der Waals surface area contributed by atoms with Gasteiger partial charge in [0.1, 0.15) is 0 Å². The van der Waals surface area contributed by atoms with E-state index in [-0.39, 0.29) is 11.8 Å². The molecule has 3 heteroatoms. The number of ether oxygens (including phenoxy) is 1. The molecule has 0 spiro atoms. The van der Waals surface area contributed by atoms with Gasteiger partial charge < -0.3 is 10.1 Å². The van der Waals surface area contributed by atoms with Gasteiger partial charge >= 0.3 is 0 Å². The maximum Gasteiger partial charge on any atom is 0.156 e. The van der Waals surface area contributed by atoms with E-state index in [1.807, 2.05) is 6.07 Å². The van der Waals surface area contributed by atoms with E-state index in [4.69, 9.17) is 4.74 Å². The molecule has 1 aliphatic heterocycles. The topological polar surface area (TPSA) is 38.3 Å². The van der Waals surface area contributed by atoms with E-state index in [1.165, 1.54) is 11.1 Å². The SMILES string of the molecule is Cc1ccc(CC(=O)C2COCCN2)cc1C. The minimum absolute atomic E-state index is 0.134. The molecular weight excluding hydrogens is 214 g/mol. The van der Waals surface area contributed by atoms with Crippen molar-refractivity contribution in [3.63, 3.8) is 0 Å². The second-order valence-electron chi connectivity index (χ2n) is 4.64. The number of carbonyl (C=O) groups is 1. The summed E-state index contributed by atoms with van der Waals surface area (Å²) in [7, 11) is 0. The maximum absolute atomic E-state index is 12.0. The Balaban J connectivity index is 1.99. The number of morpholine rings is 1. The summed E-state index contributed by atoms with van der Waals surface area (Å²) in [5.41, 5.74) is 3.59. The third-order valence-electron chi connectivity index (χ3n) is 3.26. The number of carbonyl (C=O) groups excluding carboxylic acids is 1. The van der Waals surface area contributed by atoms with Crippen LogP contribution in [-0.4, -0.2) is 31.6 Å². The number of hydrogen-bond acceptors (Lipinski definition) is 3. The summed E-state index contributed by atoms with van der Waals surface area (Å²) in [5.74, 6) is 0.216. The highest BCUT2D eigenvalue weighted by atomic mass is 16.5. The Bertz CT molecular complexity index is 409. The third-order valence-corrected chi connectivity index (χ3v) is 3.26. The van der Waals surface area contributed by atoms with Crippen LogP contribution in [0.5, 0.6) is 0 Å². The second kappa shape index (κ2) is 5.43. The Labute approximate surface area is 102 Å². The zero-order valence-corrected chi connectivity index (χ0v) is 10.5. The molecule has 1 atom stereocenters. The van der Waals surface area contributed by atoms with Gasteiger partial charge in [-0.2, -0.15) is 0 Å². The van der Waals surface area contributed by atoms with Gasteiger partial charge in [-0.25, -0.2) is 0 Å². The van der Waals surface area contributed by atoms with E-state index >= 15 is 0 Å². The van der Waals surface area contributed by atoms with E-state index in [2.05, 4.69) is 31.3 Å². The van der Waals surface area contributed by atoms with Gasteiger partial charge in [0.2, 0.25) is 0 Å². The molecule has 0 saturated carbocycles. The highest BCUT2D eigenvalue weighted by Crippen LogP contribution is 2.11. The van der Waals surface area contributed by atoms with Crippen molar-refractivity contribution in [1.82, 2.24) is 5.32 Å². The summed E-state index contributed by atoms with van der Waals surface area (Å²) >= 11 is 0. The van der Waals surface area contributed by atoms with Crippen LogP contribution in [0.15, 0.2) is 18.2 Å². The highest BCUT2D eigenvalue weighted by molar-refractivity contribution is 5.86. The van der Waals surface area contributed by atoms with E-state index < -0.39 is 0 Å². The molecule has 0 aromatic heterocycles. The molecule has 1 N–H and O–H groups in total. The van der Waals surface area contributed by atoms with Gasteiger partial charge in [-0.15, -0.1) is 0 Å². The molecule has 0 radical (unpaired) electrons. The Morgan fingerprint density at radius 2 is 2.24 bits per heavy atom. The molecule has 0 bridgehead atoms. The minimum atomic E-state index is -0.134. The Morgan fingerprint density at radius 1 is 1.41 bits per heavy atom. The number of nitrogens with one attached hydrogen (secondary N) is 1. The molecule has 17 heavy (non-hydrogen) atoms. The zero-order valence-electron chi connectivity index (χ0n) is 10.5. The maximum atomic E-state index is 12.0. The van der Waals surface area contributed by atoms with Crippen molar-refractivity contribution in [1.29, 1.82) is 0 Å². The van der Waals surface area contributed by atoms with Crippen LogP contribution in [0.3, 0.4) is 0 Å². The van der Waals surface area contributed by atoms with Crippen LogP contribution in [-0.2, 0) is 16.0 Å². The first-order valence-electron chi connectivity index (χ1n) is 6.07. The lowest BCUT2D eigenvalue weighted by molar-refractivity contribution is -0.123. The molecule has 2 rings (SSSR count). The van der Waals surface area contributed by atoms with Crippen molar-refractivity contribution in [2.45, 2.75) is 26.3 Å². The summed E-state index contributed by atoms with van der Waals surface area (Å²) in [6.07, 6.45) is 0.488. The average molecular weight is 233 g/mol. The monoisotopic (exact) mass is 233 g/mol. The van der Waals surface area contributed by atoms with Gasteiger partial charge in [-0.05, 0) is 30.5 Å². The molecule has 1 aromatic rings. The third kappa shape index (κ3) is 3.14. The lowest BCUT2D eigenvalue weighted by atomic mass is 10.00. The molecule has 0 aliphatic carbocycles. The fraction of sp³-hybridized carbons (Fsp3) is 0.500. The van der Waals surface area contributed by atoms with Crippen LogP contribution in [0.2, 0.25) is 0 Å². The first kappa shape index (κ1) is 12.3. The van der Waals surface area contributed by atoms with Crippen LogP contribution in [0.4, 0.5) is 0 Å². The van der Waals surface area contributed by atoms with Crippen molar-refractivity contribution < 1.29 is 9.53 Å². The summed E-state index contributed by atoms with van der Waals surface area (Å²) < 4.78 is 5.30. The second-order valence-corrected chi connectivity index (χ2v) is 4.64. The number of benzene rings is 1. The number of Topliss-reactive ketones (excluding diaryl/α,β-unsaturated/α-hetero) is 1. The Morgan fingerprint density at radius 3 is 2.88 bits per heavy atom. The Hall–Kier alpha value is -1.19. The summed E-state index contributed by atoms with van der Waals surface area (Å²) in [5, 5.41) is 3.19. The van der Waals surface area contributed by atoms with Crippen LogP contribution >= 0.6 is 0 Å². The van der Waals surface area contributed by atoms with Gasteiger partial charge in [0.25, 0.3) is 0 Å². The number of aryl methyl sites for hydroxylation is 2. The molecule has 1 heterocycles. The van der Waals surface area contributed by atoms with Crippen LogP contribution < -0.4 is 5.32 Å². The molecule has 3 nitrogen and oxygen atoms in total. The molecular formula is C14H19NO2. The molecule has 0 amide bonds. The summed E-state index contributed by atoms with van der Waals surface area (Å²) in [6, 6.07) is 6.06. The van der Waals surface area contributed by atoms with E-state index in [1.54, 1.807) is 0 Å². The Kier molecular flexibility index (Phi) is 3.92. The number of ketones is 1. The smallest absolute Gasteiger partial charge is 0.156 e. The minimum Gasteiger partial charge on any atom is -0.378 e. The van der Waals surface area contributed by atoms with Crippen LogP contribution in [0.25, 0.3) is 0 Å². The lowest BCUT2D eigenvalue weighted by Gasteiger charge is -2.22. The van der Waals surface area contributed by atoms with Gasteiger partial charge in [0.15, 0.2) is 5.78 Å². The van der Waals surface area contributed by atoms with Crippen molar-refractivity contribution in [2.75, 3.05) is 19.8 Å². The van der Waals surface area contributed by atoms with E-state index in [0.29, 0.717) is 19.6 Å². The van der Waals surface area contributed by atoms with Crippen molar-refractivity contribution in [3.8, 4) is 0 Å². The van der Waals surface area contributed by atoms with E-state index in [9.17, 15) is 4.79 Å². The first-order valence-corrected chi connectivity index (χ1v) is 6.07.